The molecular formula is C32H44N8O4Si. The molecular weight excluding hydrogens is 588 g/mol. The number of hydrogen-bond donors (Lipinski definition) is 0. The Labute approximate surface area is 265 Å². The number of fused-ring (bicyclic) bond motifs is 1. The number of nitrogens with zero attached hydrogens (tertiary/aromatic N) is 8. The van der Waals surface area contributed by atoms with Crippen molar-refractivity contribution >= 4 is 25.6 Å². The Hall–Kier alpha value is -3.65. The molecule has 0 bridgehead atoms. The molecule has 1 aromatic carbocycles. The van der Waals surface area contributed by atoms with Gasteiger partial charge in [0, 0.05) is 38.5 Å². The Kier molecular flexibility index (Phi) is 8.54. The summed E-state index contributed by atoms with van der Waals surface area (Å²) in [6.07, 6.45) is 5.22. The van der Waals surface area contributed by atoms with E-state index in [0.717, 1.165) is 29.3 Å². The van der Waals surface area contributed by atoms with Crippen molar-refractivity contribution in [3.63, 3.8) is 0 Å². The number of ether oxygens (including phenoxy) is 3. The fourth-order valence-corrected chi connectivity index (χ4v) is 6.49. The zero-order chi connectivity index (χ0) is 31.9. The molecule has 2 aliphatic heterocycles. The Morgan fingerprint density at radius 3 is 2.56 bits per heavy atom. The zero-order valence-corrected chi connectivity index (χ0v) is 28.3. The number of carbonyl (C=O) groups excluding carboxylic acids is 1. The first-order valence-electron chi connectivity index (χ1n) is 15.7. The standard InChI is InChI=1S/C32H44N8O4Si/c1-22(2)27-18-37(17-25-19-43-32(3,4)44-25)31(41)40(27)28-12-13-39-30(35-28)26(16-34-39)23-8-10-24(11-9-23)29-33-20-38(36-29)21-42-14-15-45(5,6)7/h8-13,16,20,22,25,27H,14-15,17-19,21H2,1-7H3/t25-,27-/m1/s1. The number of carbonyl (C=O) groups is 1. The maximum Gasteiger partial charge on any atom is 0.326 e. The van der Waals surface area contributed by atoms with Gasteiger partial charge in [0.2, 0.25) is 0 Å². The molecule has 13 heteroatoms. The van der Waals surface area contributed by atoms with Gasteiger partial charge in [-0.05, 0) is 37.4 Å². The summed E-state index contributed by atoms with van der Waals surface area (Å²) in [7, 11) is -1.13. The van der Waals surface area contributed by atoms with Crippen LogP contribution in [0.5, 0.6) is 0 Å². The molecule has 0 radical (unpaired) electrons. The van der Waals surface area contributed by atoms with Crippen LogP contribution in [0.15, 0.2) is 49.1 Å². The Morgan fingerprint density at radius 1 is 1.11 bits per heavy atom. The summed E-state index contributed by atoms with van der Waals surface area (Å²) in [6, 6.07) is 10.9. The molecule has 5 heterocycles. The predicted octanol–water partition coefficient (Wildman–Crippen LogP) is 5.39. The van der Waals surface area contributed by atoms with Crippen LogP contribution in [-0.2, 0) is 20.9 Å². The lowest BCUT2D eigenvalue weighted by atomic mass is 10.0. The van der Waals surface area contributed by atoms with Crippen LogP contribution in [0.2, 0.25) is 25.7 Å². The highest BCUT2D eigenvalue weighted by Gasteiger charge is 2.43. The summed E-state index contributed by atoms with van der Waals surface area (Å²) in [6.45, 7) is 17.8. The minimum atomic E-state index is -1.13. The number of amides is 2. The smallest absolute Gasteiger partial charge is 0.326 e. The number of anilines is 1. The van der Waals surface area contributed by atoms with Crippen LogP contribution in [0.3, 0.4) is 0 Å². The average Bonchev–Trinajstić information content (AvgIpc) is 3.77. The van der Waals surface area contributed by atoms with E-state index in [1.165, 1.54) is 0 Å². The monoisotopic (exact) mass is 632 g/mol. The first-order valence-corrected chi connectivity index (χ1v) is 19.4. The van der Waals surface area contributed by atoms with Crippen molar-refractivity contribution in [1.29, 1.82) is 0 Å². The summed E-state index contributed by atoms with van der Waals surface area (Å²) in [4.78, 5) is 26.9. The van der Waals surface area contributed by atoms with E-state index >= 15 is 0 Å². The van der Waals surface area contributed by atoms with E-state index in [-0.39, 0.29) is 24.1 Å². The van der Waals surface area contributed by atoms with Gasteiger partial charge < -0.3 is 19.1 Å². The number of benzene rings is 1. The second-order valence-electron chi connectivity index (χ2n) is 14.0. The average molecular weight is 633 g/mol. The molecule has 45 heavy (non-hydrogen) atoms. The molecule has 2 aliphatic rings. The van der Waals surface area contributed by atoms with Gasteiger partial charge in [0.1, 0.15) is 25.0 Å². The molecule has 4 aromatic rings. The highest BCUT2D eigenvalue weighted by atomic mass is 28.3. The van der Waals surface area contributed by atoms with Crippen molar-refractivity contribution < 1.29 is 19.0 Å². The third-order valence-electron chi connectivity index (χ3n) is 8.29. The van der Waals surface area contributed by atoms with Crippen LogP contribution in [0.4, 0.5) is 10.6 Å². The second-order valence-corrected chi connectivity index (χ2v) is 19.6. The predicted molar refractivity (Wildman–Crippen MR) is 175 cm³/mol. The Morgan fingerprint density at radius 2 is 1.87 bits per heavy atom. The van der Waals surface area contributed by atoms with Gasteiger partial charge in [-0.2, -0.15) is 5.10 Å². The molecule has 2 saturated heterocycles. The fourth-order valence-electron chi connectivity index (χ4n) is 5.73. The molecule has 2 fully saturated rings. The van der Waals surface area contributed by atoms with Crippen molar-refractivity contribution in [3.05, 3.63) is 49.1 Å². The molecule has 2 amide bonds. The number of aromatic nitrogens is 6. The van der Waals surface area contributed by atoms with Gasteiger partial charge in [0.05, 0.1) is 25.4 Å². The first-order chi connectivity index (χ1) is 21.4. The molecule has 6 rings (SSSR count). The minimum Gasteiger partial charge on any atom is -0.359 e. The molecule has 3 aromatic heterocycles. The molecule has 12 nitrogen and oxygen atoms in total. The van der Waals surface area contributed by atoms with E-state index < -0.39 is 13.9 Å². The third-order valence-corrected chi connectivity index (χ3v) is 9.99. The fraction of sp³-hybridized carbons (Fsp3) is 0.531. The molecule has 0 N–H and O–H groups in total. The summed E-state index contributed by atoms with van der Waals surface area (Å²) in [5.41, 5.74) is 3.43. The summed E-state index contributed by atoms with van der Waals surface area (Å²) >= 11 is 0. The second kappa shape index (κ2) is 12.3. The Balaban J connectivity index is 1.18. The quantitative estimate of drug-likeness (QED) is 0.160. The minimum absolute atomic E-state index is 0.0218. The maximum absolute atomic E-state index is 13.8. The molecule has 0 saturated carbocycles. The van der Waals surface area contributed by atoms with Gasteiger partial charge in [0.15, 0.2) is 17.3 Å². The van der Waals surface area contributed by atoms with E-state index in [1.807, 2.05) is 66.4 Å². The van der Waals surface area contributed by atoms with E-state index in [9.17, 15) is 4.79 Å². The first kappa shape index (κ1) is 31.3. The SMILES string of the molecule is CC(C)[C@H]1CN(C[C@@H]2COC(C)(C)O2)C(=O)N1c1ccn2ncc(-c3ccc(-c4ncn(COCC[Si](C)(C)C)n4)cc3)c2n1. The van der Waals surface area contributed by atoms with Crippen molar-refractivity contribution in [1.82, 2.24) is 34.3 Å². The third kappa shape index (κ3) is 6.96. The lowest BCUT2D eigenvalue weighted by Crippen LogP contribution is -2.40. The topological polar surface area (TPSA) is 112 Å². The van der Waals surface area contributed by atoms with Crippen molar-refractivity contribution in [2.75, 3.05) is 31.2 Å². The van der Waals surface area contributed by atoms with Gasteiger partial charge in [-0.25, -0.2) is 24.0 Å². The molecule has 0 aliphatic carbocycles. The molecule has 0 spiro atoms. The molecule has 240 valence electrons. The maximum atomic E-state index is 13.8. The largest absolute Gasteiger partial charge is 0.359 e. The lowest BCUT2D eigenvalue weighted by Gasteiger charge is -2.25. The van der Waals surface area contributed by atoms with Crippen molar-refractivity contribution in [2.45, 2.75) is 78.0 Å². The zero-order valence-electron chi connectivity index (χ0n) is 27.3. The van der Waals surface area contributed by atoms with Crippen LogP contribution < -0.4 is 4.90 Å². The molecule has 0 unspecified atom stereocenters. The van der Waals surface area contributed by atoms with Crippen LogP contribution in [0, 0.1) is 5.92 Å². The summed E-state index contributed by atoms with van der Waals surface area (Å²) < 4.78 is 21.0. The van der Waals surface area contributed by atoms with Gasteiger partial charge in [-0.3, -0.25) is 4.90 Å². The highest BCUT2D eigenvalue weighted by molar-refractivity contribution is 6.76. The van der Waals surface area contributed by atoms with E-state index in [1.54, 1.807) is 15.5 Å². The van der Waals surface area contributed by atoms with E-state index in [0.29, 0.717) is 43.7 Å². The highest BCUT2D eigenvalue weighted by Crippen LogP contribution is 2.32. The van der Waals surface area contributed by atoms with Gasteiger partial charge in [-0.1, -0.05) is 57.8 Å². The summed E-state index contributed by atoms with van der Waals surface area (Å²) in [5, 5.41) is 9.13. The van der Waals surface area contributed by atoms with Gasteiger partial charge >= 0.3 is 6.03 Å². The number of rotatable bonds is 11. The molecule has 2 atom stereocenters. The van der Waals surface area contributed by atoms with Crippen LogP contribution in [0.1, 0.15) is 27.7 Å². The Bertz CT molecular complexity index is 1640. The van der Waals surface area contributed by atoms with Crippen LogP contribution in [-0.4, -0.2) is 92.6 Å². The van der Waals surface area contributed by atoms with E-state index in [2.05, 4.69) is 48.7 Å². The van der Waals surface area contributed by atoms with Gasteiger partial charge in [0.25, 0.3) is 0 Å². The normalized spacial score (nSPS) is 20.3. The van der Waals surface area contributed by atoms with E-state index in [4.69, 9.17) is 19.2 Å². The number of hydrogen-bond acceptors (Lipinski definition) is 8. The van der Waals surface area contributed by atoms with Crippen LogP contribution in [0.25, 0.3) is 28.2 Å². The van der Waals surface area contributed by atoms with Crippen molar-refractivity contribution in [3.8, 4) is 22.5 Å². The summed E-state index contributed by atoms with van der Waals surface area (Å²) in [5.74, 6) is 0.858. The lowest BCUT2D eigenvalue weighted by molar-refractivity contribution is -0.139. The number of urea groups is 1. The van der Waals surface area contributed by atoms with Gasteiger partial charge in [-0.15, -0.1) is 5.10 Å². The van der Waals surface area contributed by atoms with Crippen molar-refractivity contribution in [2.24, 2.45) is 5.92 Å². The van der Waals surface area contributed by atoms with Crippen LogP contribution >= 0.6 is 0 Å².